The summed E-state index contributed by atoms with van der Waals surface area (Å²) in [6, 6.07) is 10.9. The average Bonchev–Trinajstić information content (AvgIpc) is 3.05. The zero-order valence-electron chi connectivity index (χ0n) is 15.4. The minimum atomic E-state index is 0.636. The smallest absolute Gasteiger partial charge is 0.191 e. The Morgan fingerprint density at radius 1 is 1.28 bits per heavy atom. The molecule has 0 radical (unpaired) electrons. The normalized spacial score (nSPS) is 19.3. The molecule has 2 heterocycles. The van der Waals surface area contributed by atoms with E-state index in [0.29, 0.717) is 6.54 Å². The first-order valence-electron chi connectivity index (χ1n) is 9.42. The van der Waals surface area contributed by atoms with Gasteiger partial charge in [0.15, 0.2) is 5.96 Å². The molecular weight excluding hydrogens is 312 g/mol. The zero-order chi connectivity index (χ0) is 17.5. The van der Waals surface area contributed by atoms with Crippen molar-refractivity contribution >= 4 is 16.9 Å². The van der Waals surface area contributed by atoms with Gasteiger partial charge in [0.25, 0.3) is 0 Å². The van der Waals surface area contributed by atoms with Crippen molar-refractivity contribution in [2.75, 3.05) is 26.7 Å². The summed E-state index contributed by atoms with van der Waals surface area (Å²) in [6.07, 6.45) is 5.20. The SMILES string of the molecule is CN=C(NCCCN1CCCCC1C)NCc1cc2ccccc2o1. The Kier molecular flexibility index (Phi) is 6.34. The second kappa shape index (κ2) is 8.90. The van der Waals surface area contributed by atoms with Crippen LogP contribution in [0.5, 0.6) is 0 Å². The van der Waals surface area contributed by atoms with E-state index in [-0.39, 0.29) is 0 Å². The minimum Gasteiger partial charge on any atom is -0.459 e. The highest BCUT2D eigenvalue weighted by Crippen LogP contribution is 2.18. The summed E-state index contributed by atoms with van der Waals surface area (Å²) in [7, 11) is 1.81. The Balaban J connectivity index is 1.39. The fourth-order valence-electron chi connectivity index (χ4n) is 3.49. The van der Waals surface area contributed by atoms with Gasteiger partial charge in [0.05, 0.1) is 6.54 Å². The molecule has 1 aliphatic rings. The molecule has 2 aromatic rings. The van der Waals surface area contributed by atoms with Gasteiger partial charge in [-0.15, -0.1) is 0 Å². The minimum absolute atomic E-state index is 0.636. The Labute approximate surface area is 150 Å². The first kappa shape index (κ1) is 17.8. The van der Waals surface area contributed by atoms with E-state index in [4.69, 9.17) is 4.42 Å². The fourth-order valence-corrected chi connectivity index (χ4v) is 3.49. The fraction of sp³-hybridized carbons (Fsp3) is 0.550. The van der Waals surface area contributed by atoms with E-state index in [2.05, 4.69) is 39.6 Å². The lowest BCUT2D eigenvalue weighted by Crippen LogP contribution is -2.41. The van der Waals surface area contributed by atoms with Crippen LogP contribution in [0.3, 0.4) is 0 Å². The Morgan fingerprint density at radius 3 is 2.96 bits per heavy atom. The monoisotopic (exact) mass is 342 g/mol. The molecule has 0 aliphatic carbocycles. The van der Waals surface area contributed by atoms with Crippen molar-refractivity contribution in [3.05, 3.63) is 36.1 Å². The van der Waals surface area contributed by atoms with Crippen molar-refractivity contribution in [1.29, 1.82) is 0 Å². The third kappa shape index (κ3) is 4.98. The zero-order valence-corrected chi connectivity index (χ0v) is 15.4. The molecule has 1 aromatic carbocycles. The largest absolute Gasteiger partial charge is 0.459 e. The summed E-state index contributed by atoms with van der Waals surface area (Å²) in [5, 5.41) is 7.86. The van der Waals surface area contributed by atoms with Gasteiger partial charge in [0.2, 0.25) is 0 Å². The third-order valence-electron chi connectivity index (χ3n) is 4.99. The lowest BCUT2D eigenvalue weighted by Gasteiger charge is -2.33. The number of nitrogens with one attached hydrogen (secondary N) is 2. The van der Waals surface area contributed by atoms with E-state index in [1.165, 1.54) is 25.8 Å². The maximum Gasteiger partial charge on any atom is 0.191 e. The molecule has 0 bridgehead atoms. The number of nitrogens with zero attached hydrogens (tertiary/aromatic N) is 2. The van der Waals surface area contributed by atoms with Crippen LogP contribution in [0.4, 0.5) is 0 Å². The molecule has 25 heavy (non-hydrogen) atoms. The summed E-state index contributed by atoms with van der Waals surface area (Å²) in [4.78, 5) is 6.90. The van der Waals surface area contributed by atoms with Crippen molar-refractivity contribution in [2.24, 2.45) is 4.99 Å². The number of hydrogen-bond acceptors (Lipinski definition) is 3. The lowest BCUT2D eigenvalue weighted by molar-refractivity contribution is 0.159. The van der Waals surface area contributed by atoms with E-state index >= 15 is 0 Å². The molecule has 5 nitrogen and oxygen atoms in total. The first-order chi connectivity index (χ1) is 12.3. The van der Waals surface area contributed by atoms with Crippen LogP contribution in [-0.2, 0) is 6.54 Å². The van der Waals surface area contributed by atoms with Crippen molar-refractivity contribution in [2.45, 2.75) is 45.2 Å². The van der Waals surface area contributed by atoms with Gasteiger partial charge in [-0.25, -0.2) is 0 Å². The second-order valence-corrected chi connectivity index (χ2v) is 6.84. The summed E-state index contributed by atoms with van der Waals surface area (Å²) < 4.78 is 5.83. The Morgan fingerprint density at radius 2 is 2.16 bits per heavy atom. The molecule has 1 aromatic heterocycles. The molecule has 0 amide bonds. The Bertz CT molecular complexity index is 661. The number of hydrogen-bond donors (Lipinski definition) is 2. The predicted molar refractivity (Wildman–Crippen MR) is 104 cm³/mol. The van der Waals surface area contributed by atoms with E-state index < -0.39 is 0 Å². The van der Waals surface area contributed by atoms with Crippen LogP contribution < -0.4 is 10.6 Å². The number of benzene rings is 1. The topological polar surface area (TPSA) is 52.8 Å². The van der Waals surface area contributed by atoms with E-state index in [0.717, 1.165) is 48.2 Å². The second-order valence-electron chi connectivity index (χ2n) is 6.84. The van der Waals surface area contributed by atoms with Crippen molar-refractivity contribution in [3.63, 3.8) is 0 Å². The molecule has 2 N–H and O–H groups in total. The highest BCUT2D eigenvalue weighted by molar-refractivity contribution is 5.80. The van der Waals surface area contributed by atoms with Gasteiger partial charge in [-0.3, -0.25) is 4.99 Å². The molecule has 3 rings (SSSR count). The standard InChI is InChI=1S/C20H30N4O/c1-16-8-5-6-12-24(16)13-7-11-22-20(21-2)23-15-18-14-17-9-3-4-10-19(17)25-18/h3-4,9-10,14,16H,5-8,11-13,15H2,1-2H3,(H2,21,22,23). The van der Waals surface area contributed by atoms with Crippen LogP contribution in [0.25, 0.3) is 11.0 Å². The number of guanidine groups is 1. The number of likely N-dealkylation sites (tertiary alicyclic amines) is 1. The number of furan rings is 1. The van der Waals surface area contributed by atoms with Crippen LogP contribution in [0.2, 0.25) is 0 Å². The van der Waals surface area contributed by atoms with E-state index in [1.54, 1.807) is 7.05 Å². The van der Waals surface area contributed by atoms with Crippen molar-refractivity contribution in [1.82, 2.24) is 15.5 Å². The van der Waals surface area contributed by atoms with Crippen LogP contribution >= 0.6 is 0 Å². The molecule has 1 saturated heterocycles. The van der Waals surface area contributed by atoms with Crippen LogP contribution in [-0.4, -0.2) is 43.6 Å². The number of para-hydroxylation sites is 1. The number of piperidine rings is 1. The van der Waals surface area contributed by atoms with Crippen LogP contribution in [0.15, 0.2) is 39.7 Å². The molecule has 0 spiro atoms. The van der Waals surface area contributed by atoms with Gasteiger partial charge in [0.1, 0.15) is 11.3 Å². The van der Waals surface area contributed by atoms with Crippen molar-refractivity contribution < 1.29 is 4.42 Å². The van der Waals surface area contributed by atoms with Gasteiger partial charge in [-0.05, 0) is 44.9 Å². The maximum absolute atomic E-state index is 5.83. The quantitative estimate of drug-likeness (QED) is 0.480. The number of fused-ring (bicyclic) bond motifs is 1. The first-order valence-corrected chi connectivity index (χ1v) is 9.42. The van der Waals surface area contributed by atoms with Crippen LogP contribution in [0.1, 0.15) is 38.4 Å². The van der Waals surface area contributed by atoms with E-state index in [1.807, 2.05) is 18.2 Å². The molecule has 0 saturated carbocycles. The highest BCUT2D eigenvalue weighted by Gasteiger charge is 2.17. The Hall–Kier alpha value is -2.01. The van der Waals surface area contributed by atoms with E-state index in [9.17, 15) is 0 Å². The van der Waals surface area contributed by atoms with Gasteiger partial charge in [-0.2, -0.15) is 0 Å². The molecule has 1 atom stereocenters. The summed E-state index contributed by atoms with van der Waals surface area (Å²) in [6.45, 7) is 6.33. The summed E-state index contributed by atoms with van der Waals surface area (Å²) >= 11 is 0. The molecule has 1 fully saturated rings. The molecule has 5 heteroatoms. The summed E-state index contributed by atoms with van der Waals surface area (Å²) in [5.74, 6) is 1.75. The summed E-state index contributed by atoms with van der Waals surface area (Å²) in [5.41, 5.74) is 0.929. The highest BCUT2D eigenvalue weighted by atomic mass is 16.3. The third-order valence-corrected chi connectivity index (χ3v) is 4.99. The predicted octanol–water partition coefficient (Wildman–Crippen LogP) is 3.36. The van der Waals surface area contributed by atoms with Gasteiger partial charge < -0.3 is 20.0 Å². The number of aliphatic imine (C=N–C) groups is 1. The molecule has 136 valence electrons. The van der Waals surface area contributed by atoms with Gasteiger partial charge in [-0.1, -0.05) is 24.6 Å². The lowest BCUT2D eigenvalue weighted by atomic mass is 10.0. The maximum atomic E-state index is 5.83. The van der Waals surface area contributed by atoms with Gasteiger partial charge >= 0.3 is 0 Å². The van der Waals surface area contributed by atoms with Crippen molar-refractivity contribution in [3.8, 4) is 0 Å². The molecule has 1 aliphatic heterocycles. The average molecular weight is 342 g/mol. The molecule has 1 unspecified atom stereocenters. The number of rotatable bonds is 6. The van der Waals surface area contributed by atoms with Crippen LogP contribution in [0, 0.1) is 0 Å². The molecular formula is C20H30N4O. The van der Waals surface area contributed by atoms with Gasteiger partial charge in [0, 0.05) is 31.6 Å².